The van der Waals surface area contributed by atoms with Crippen LogP contribution in [0.4, 0.5) is 0 Å². The van der Waals surface area contributed by atoms with Crippen molar-refractivity contribution in [2.45, 2.75) is 33.6 Å². The Bertz CT molecular complexity index is 669. The highest BCUT2D eigenvalue weighted by Gasteiger charge is 2.15. The van der Waals surface area contributed by atoms with Crippen molar-refractivity contribution in [1.82, 2.24) is 0 Å². The first-order chi connectivity index (χ1) is 12.1. The Morgan fingerprint density at radius 1 is 0.680 bits per heavy atom. The van der Waals surface area contributed by atoms with Crippen molar-refractivity contribution >= 4 is 0 Å². The quantitative estimate of drug-likeness (QED) is 0.670. The number of hydrogen-bond acceptors (Lipinski definition) is 5. The number of aromatic hydroxyl groups is 2. The van der Waals surface area contributed by atoms with Crippen molar-refractivity contribution in [3.8, 4) is 28.7 Å². The van der Waals surface area contributed by atoms with E-state index in [1.54, 1.807) is 12.1 Å². The topological polar surface area (TPSA) is 68.2 Å². The van der Waals surface area contributed by atoms with Crippen LogP contribution >= 0.6 is 0 Å². The zero-order valence-electron chi connectivity index (χ0n) is 15.0. The van der Waals surface area contributed by atoms with E-state index in [9.17, 15) is 10.2 Å². The first-order valence-electron chi connectivity index (χ1n) is 8.65. The molecule has 0 aliphatic rings. The minimum atomic E-state index is -0.109. The van der Waals surface area contributed by atoms with E-state index < -0.39 is 0 Å². The van der Waals surface area contributed by atoms with Gasteiger partial charge in [-0.25, -0.2) is 0 Å². The number of hydrogen-bond donors (Lipinski definition) is 2. The smallest absolute Gasteiger partial charge is 0.203 e. The molecule has 136 valence electrons. The highest BCUT2D eigenvalue weighted by molar-refractivity contribution is 5.54. The summed E-state index contributed by atoms with van der Waals surface area (Å²) in [5, 5.41) is 19.0. The van der Waals surface area contributed by atoms with E-state index in [1.165, 1.54) is 6.07 Å². The van der Waals surface area contributed by atoms with Crippen LogP contribution in [0.1, 0.15) is 31.9 Å². The van der Waals surface area contributed by atoms with Gasteiger partial charge in [0.15, 0.2) is 23.0 Å². The molecular formula is C20H26O5. The molecule has 25 heavy (non-hydrogen) atoms. The molecule has 5 heteroatoms. The number of benzene rings is 2. The minimum absolute atomic E-state index is 0.103. The maximum atomic E-state index is 9.61. The van der Waals surface area contributed by atoms with Crippen LogP contribution in [0.3, 0.4) is 0 Å². The van der Waals surface area contributed by atoms with Crippen LogP contribution in [0, 0.1) is 0 Å². The van der Waals surface area contributed by atoms with E-state index in [1.807, 2.05) is 32.9 Å². The molecular weight excluding hydrogens is 320 g/mol. The van der Waals surface area contributed by atoms with E-state index in [-0.39, 0.29) is 11.5 Å². The number of phenolic OH excluding ortho intramolecular Hbond substituents is 2. The van der Waals surface area contributed by atoms with Gasteiger partial charge in [-0.2, -0.15) is 0 Å². The lowest BCUT2D eigenvalue weighted by atomic mass is 10.0. The zero-order valence-corrected chi connectivity index (χ0v) is 15.0. The summed E-state index contributed by atoms with van der Waals surface area (Å²) >= 11 is 0. The highest BCUT2D eigenvalue weighted by Crippen LogP contribution is 2.39. The average Bonchev–Trinajstić information content (AvgIpc) is 2.59. The first kappa shape index (κ1) is 18.8. The van der Waals surface area contributed by atoms with Gasteiger partial charge < -0.3 is 24.4 Å². The molecule has 0 aromatic heterocycles. The van der Waals surface area contributed by atoms with Crippen LogP contribution in [0.25, 0.3) is 0 Å². The van der Waals surface area contributed by atoms with Crippen LogP contribution in [0.5, 0.6) is 28.7 Å². The van der Waals surface area contributed by atoms with Gasteiger partial charge in [0.2, 0.25) is 5.75 Å². The lowest BCUT2D eigenvalue weighted by molar-refractivity contribution is 0.260. The molecule has 2 aromatic rings. The number of ether oxygens (including phenoxy) is 3. The van der Waals surface area contributed by atoms with Crippen LogP contribution in [0.15, 0.2) is 30.3 Å². The molecule has 2 rings (SSSR count). The molecule has 0 amide bonds. The fourth-order valence-corrected chi connectivity index (χ4v) is 2.60. The van der Waals surface area contributed by atoms with E-state index in [0.717, 1.165) is 24.0 Å². The average molecular weight is 346 g/mol. The van der Waals surface area contributed by atoms with Crippen LogP contribution in [-0.4, -0.2) is 30.0 Å². The molecule has 0 saturated carbocycles. The van der Waals surface area contributed by atoms with E-state index in [4.69, 9.17) is 14.2 Å². The van der Waals surface area contributed by atoms with Gasteiger partial charge in [0.1, 0.15) is 0 Å². The summed E-state index contributed by atoms with van der Waals surface area (Å²) in [4.78, 5) is 0. The lowest BCUT2D eigenvalue weighted by Crippen LogP contribution is -2.04. The largest absolute Gasteiger partial charge is 0.504 e. The Labute approximate surface area is 148 Å². The van der Waals surface area contributed by atoms with Crippen molar-refractivity contribution in [3.63, 3.8) is 0 Å². The molecule has 0 heterocycles. The van der Waals surface area contributed by atoms with Gasteiger partial charge in [-0.15, -0.1) is 0 Å². The predicted octanol–water partition coefficient (Wildman–Crippen LogP) is 4.08. The summed E-state index contributed by atoms with van der Waals surface area (Å²) in [6, 6.07) is 8.82. The van der Waals surface area contributed by atoms with Gasteiger partial charge in [-0.3, -0.25) is 0 Å². The van der Waals surface area contributed by atoms with Crippen molar-refractivity contribution in [2.24, 2.45) is 0 Å². The van der Waals surface area contributed by atoms with E-state index in [0.29, 0.717) is 37.1 Å². The summed E-state index contributed by atoms with van der Waals surface area (Å²) < 4.78 is 17.2. The second-order valence-electron chi connectivity index (χ2n) is 5.54. The number of rotatable bonds is 9. The first-order valence-corrected chi connectivity index (χ1v) is 8.65. The van der Waals surface area contributed by atoms with Crippen LogP contribution in [0.2, 0.25) is 0 Å². The third-order valence-electron chi connectivity index (χ3n) is 3.71. The Hall–Kier alpha value is -2.56. The molecule has 0 fully saturated rings. The molecule has 5 nitrogen and oxygen atoms in total. The van der Waals surface area contributed by atoms with Gasteiger partial charge in [-0.1, -0.05) is 6.07 Å². The molecule has 2 aromatic carbocycles. The van der Waals surface area contributed by atoms with Gasteiger partial charge in [-0.05, 0) is 69.0 Å². The standard InChI is InChI=1S/C20H26O5/c1-4-23-18-12-15(13-19(24-5-2)20(18)25-6-3)8-7-14-9-10-16(21)17(22)11-14/h9-13,21-22H,4-8H2,1-3H3. The summed E-state index contributed by atoms with van der Waals surface area (Å²) in [6.45, 7) is 7.41. The predicted molar refractivity (Wildman–Crippen MR) is 97.1 cm³/mol. The van der Waals surface area contributed by atoms with Gasteiger partial charge in [0.05, 0.1) is 19.8 Å². The SMILES string of the molecule is CCOc1cc(CCc2ccc(O)c(O)c2)cc(OCC)c1OCC. The minimum Gasteiger partial charge on any atom is -0.504 e. The maximum absolute atomic E-state index is 9.61. The van der Waals surface area contributed by atoms with Crippen molar-refractivity contribution in [3.05, 3.63) is 41.5 Å². The molecule has 0 unspecified atom stereocenters. The van der Waals surface area contributed by atoms with Crippen molar-refractivity contribution < 1.29 is 24.4 Å². The zero-order chi connectivity index (χ0) is 18.2. The summed E-state index contributed by atoms with van der Waals surface area (Å²) in [7, 11) is 0. The molecule has 0 aliphatic heterocycles. The lowest BCUT2D eigenvalue weighted by Gasteiger charge is -2.17. The molecule has 0 atom stereocenters. The third-order valence-corrected chi connectivity index (χ3v) is 3.71. The molecule has 0 bridgehead atoms. The maximum Gasteiger partial charge on any atom is 0.203 e. The molecule has 0 spiro atoms. The molecule has 0 radical (unpaired) electrons. The third kappa shape index (κ3) is 4.95. The summed E-state index contributed by atoms with van der Waals surface area (Å²) in [5.74, 6) is 1.78. The van der Waals surface area contributed by atoms with E-state index >= 15 is 0 Å². The Morgan fingerprint density at radius 3 is 1.76 bits per heavy atom. The molecule has 0 aliphatic carbocycles. The van der Waals surface area contributed by atoms with Crippen LogP contribution in [-0.2, 0) is 12.8 Å². The van der Waals surface area contributed by atoms with Gasteiger partial charge in [0, 0.05) is 0 Å². The normalized spacial score (nSPS) is 10.5. The van der Waals surface area contributed by atoms with Gasteiger partial charge in [0.25, 0.3) is 0 Å². The Morgan fingerprint density at radius 2 is 1.24 bits per heavy atom. The summed E-state index contributed by atoms with van der Waals surface area (Å²) in [6.07, 6.45) is 1.47. The number of phenols is 2. The molecule has 0 saturated heterocycles. The van der Waals surface area contributed by atoms with E-state index in [2.05, 4.69) is 0 Å². The monoisotopic (exact) mass is 346 g/mol. The van der Waals surface area contributed by atoms with Crippen molar-refractivity contribution in [2.75, 3.05) is 19.8 Å². The second-order valence-corrected chi connectivity index (χ2v) is 5.54. The Balaban J connectivity index is 2.25. The summed E-state index contributed by atoms with van der Waals surface area (Å²) in [5.41, 5.74) is 2.00. The fourth-order valence-electron chi connectivity index (χ4n) is 2.60. The van der Waals surface area contributed by atoms with Crippen LogP contribution < -0.4 is 14.2 Å². The second kappa shape index (κ2) is 9.06. The highest BCUT2D eigenvalue weighted by atomic mass is 16.5. The number of aryl methyl sites for hydroxylation is 2. The Kier molecular flexibility index (Phi) is 6.81. The van der Waals surface area contributed by atoms with Gasteiger partial charge >= 0.3 is 0 Å². The molecule has 2 N–H and O–H groups in total. The fraction of sp³-hybridized carbons (Fsp3) is 0.400. The van der Waals surface area contributed by atoms with Crippen molar-refractivity contribution in [1.29, 1.82) is 0 Å².